The maximum absolute atomic E-state index is 11.2. The highest BCUT2D eigenvalue weighted by Gasteiger charge is 2.23. The fourth-order valence-corrected chi connectivity index (χ4v) is 1.56. The van der Waals surface area contributed by atoms with Gasteiger partial charge in [-0.05, 0) is 23.0 Å². The molecular formula is C13H19NO2. The van der Waals surface area contributed by atoms with Crippen molar-refractivity contribution in [3.63, 3.8) is 0 Å². The van der Waals surface area contributed by atoms with E-state index in [4.69, 9.17) is 0 Å². The van der Waals surface area contributed by atoms with E-state index >= 15 is 0 Å². The van der Waals surface area contributed by atoms with E-state index in [9.17, 15) is 9.90 Å². The third kappa shape index (κ3) is 2.60. The largest absolute Gasteiger partial charge is 0.477 e. The summed E-state index contributed by atoms with van der Waals surface area (Å²) in [7, 11) is 0. The van der Waals surface area contributed by atoms with Gasteiger partial charge in [-0.3, -0.25) is 0 Å². The van der Waals surface area contributed by atoms with Gasteiger partial charge in [-0.2, -0.15) is 0 Å². The van der Waals surface area contributed by atoms with E-state index in [1.54, 1.807) is 0 Å². The Bertz CT molecular complexity index is 403. The zero-order valence-corrected chi connectivity index (χ0v) is 10.5. The fourth-order valence-electron chi connectivity index (χ4n) is 1.56. The molecule has 16 heavy (non-hydrogen) atoms. The monoisotopic (exact) mass is 221 g/mol. The summed E-state index contributed by atoms with van der Waals surface area (Å²) >= 11 is 0. The molecule has 3 nitrogen and oxygen atoms in total. The molecule has 1 heterocycles. The van der Waals surface area contributed by atoms with Crippen LogP contribution in [0.1, 0.15) is 62.3 Å². The first kappa shape index (κ1) is 12.7. The summed E-state index contributed by atoms with van der Waals surface area (Å²) < 4.78 is 0. The third-order valence-corrected chi connectivity index (χ3v) is 2.52. The van der Waals surface area contributed by atoms with Crippen LogP contribution in [0.15, 0.2) is 12.1 Å². The molecule has 0 atom stereocenters. The average molecular weight is 221 g/mol. The predicted octanol–water partition coefficient (Wildman–Crippen LogP) is 3.20. The normalized spacial score (nSPS) is 11.9. The molecule has 1 rings (SSSR count). The van der Waals surface area contributed by atoms with Gasteiger partial charge in [0, 0.05) is 5.69 Å². The number of aromatic carboxylic acids is 1. The van der Waals surface area contributed by atoms with E-state index in [-0.39, 0.29) is 17.0 Å². The first-order valence-electron chi connectivity index (χ1n) is 5.48. The number of pyridine rings is 1. The number of carboxylic acids is 1. The average Bonchev–Trinajstić information content (AvgIpc) is 2.15. The molecule has 0 saturated carbocycles. The Morgan fingerprint density at radius 2 is 1.88 bits per heavy atom. The van der Waals surface area contributed by atoms with E-state index in [1.807, 2.05) is 46.8 Å². The smallest absolute Gasteiger partial charge is 0.354 e. The van der Waals surface area contributed by atoms with Crippen LogP contribution in [-0.4, -0.2) is 16.1 Å². The second-order valence-electron chi connectivity index (χ2n) is 5.34. The molecule has 0 aliphatic heterocycles. The second-order valence-corrected chi connectivity index (χ2v) is 5.34. The van der Waals surface area contributed by atoms with Crippen molar-refractivity contribution in [3.05, 3.63) is 29.1 Å². The summed E-state index contributed by atoms with van der Waals surface area (Å²) in [6, 6.07) is 3.80. The Hall–Kier alpha value is -1.38. The van der Waals surface area contributed by atoms with Gasteiger partial charge in [0.15, 0.2) is 5.69 Å². The molecule has 0 unspecified atom stereocenters. The van der Waals surface area contributed by atoms with Gasteiger partial charge in [0.2, 0.25) is 0 Å². The lowest BCUT2D eigenvalue weighted by atomic mass is 9.85. The lowest BCUT2D eigenvalue weighted by molar-refractivity contribution is 0.0687. The molecule has 1 N–H and O–H groups in total. The lowest BCUT2D eigenvalue weighted by Gasteiger charge is -2.21. The Morgan fingerprint density at radius 1 is 1.31 bits per heavy atom. The topological polar surface area (TPSA) is 50.2 Å². The van der Waals surface area contributed by atoms with Crippen LogP contribution in [0.2, 0.25) is 0 Å². The molecule has 0 spiro atoms. The van der Waals surface area contributed by atoms with Gasteiger partial charge in [-0.15, -0.1) is 0 Å². The highest BCUT2D eigenvalue weighted by atomic mass is 16.4. The van der Waals surface area contributed by atoms with E-state index < -0.39 is 5.97 Å². The molecule has 0 aliphatic rings. The zero-order chi connectivity index (χ0) is 12.5. The summed E-state index contributed by atoms with van der Waals surface area (Å²) in [6.07, 6.45) is 0. The van der Waals surface area contributed by atoms with E-state index in [0.717, 1.165) is 11.3 Å². The molecule has 3 heteroatoms. The number of rotatable bonds is 2. The maximum Gasteiger partial charge on any atom is 0.354 e. The molecule has 1 aromatic rings. The summed E-state index contributed by atoms with van der Waals surface area (Å²) in [5, 5.41) is 9.17. The van der Waals surface area contributed by atoms with Crippen LogP contribution in [-0.2, 0) is 5.41 Å². The number of hydrogen-bond donors (Lipinski definition) is 1. The molecule has 1 aromatic heterocycles. The summed E-state index contributed by atoms with van der Waals surface area (Å²) in [4.78, 5) is 15.4. The van der Waals surface area contributed by atoms with Crippen LogP contribution in [0.5, 0.6) is 0 Å². The number of nitrogens with zero attached hydrogens (tertiary/aromatic N) is 1. The maximum atomic E-state index is 11.2. The molecule has 0 saturated heterocycles. The quantitative estimate of drug-likeness (QED) is 0.834. The van der Waals surface area contributed by atoms with Crippen LogP contribution in [0, 0.1) is 0 Å². The third-order valence-electron chi connectivity index (χ3n) is 2.52. The standard InChI is InChI=1S/C13H19NO2/c1-8(2)10-7-6-9(13(3,4)5)11(14-10)12(15)16/h6-8H,1-5H3,(H,15,16). The van der Waals surface area contributed by atoms with Crippen LogP contribution < -0.4 is 0 Å². The first-order valence-corrected chi connectivity index (χ1v) is 5.48. The van der Waals surface area contributed by atoms with E-state index in [0.29, 0.717) is 0 Å². The van der Waals surface area contributed by atoms with Gasteiger partial charge in [0.05, 0.1) is 0 Å². The predicted molar refractivity (Wildman–Crippen MR) is 64.0 cm³/mol. The molecule has 0 fully saturated rings. The van der Waals surface area contributed by atoms with Crippen molar-refractivity contribution >= 4 is 5.97 Å². The number of carbonyl (C=O) groups is 1. The molecule has 0 aromatic carbocycles. The Morgan fingerprint density at radius 3 is 2.25 bits per heavy atom. The van der Waals surface area contributed by atoms with Crippen molar-refractivity contribution in [3.8, 4) is 0 Å². The SMILES string of the molecule is CC(C)c1ccc(C(C)(C)C)c(C(=O)O)n1. The highest BCUT2D eigenvalue weighted by Crippen LogP contribution is 2.26. The lowest BCUT2D eigenvalue weighted by Crippen LogP contribution is -2.19. The molecule has 0 bridgehead atoms. The van der Waals surface area contributed by atoms with E-state index in [2.05, 4.69) is 4.98 Å². The minimum atomic E-state index is -0.951. The van der Waals surface area contributed by atoms with Gasteiger partial charge in [0.25, 0.3) is 0 Å². The highest BCUT2D eigenvalue weighted by molar-refractivity contribution is 5.87. The second kappa shape index (κ2) is 4.24. The van der Waals surface area contributed by atoms with Crippen molar-refractivity contribution in [1.82, 2.24) is 4.98 Å². The van der Waals surface area contributed by atoms with Crippen molar-refractivity contribution < 1.29 is 9.90 Å². The number of carboxylic acid groups (broad SMARTS) is 1. The first-order chi connectivity index (χ1) is 7.23. The minimum Gasteiger partial charge on any atom is -0.477 e. The van der Waals surface area contributed by atoms with Gasteiger partial charge in [-0.1, -0.05) is 40.7 Å². The van der Waals surface area contributed by atoms with Crippen molar-refractivity contribution in [2.45, 2.75) is 46.0 Å². The van der Waals surface area contributed by atoms with Crippen molar-refractivity contribution in [2.75, 3.05) is 0 Å². The minimum absolute atomic E-state index is 0.179. The van der Waals surface area contributed by atoms with Crippen LogP contribution in [0.4, 0.5) is 0 Å². The van der Waals surface area contributed by atoms with E-state index in [1.165, 1.54) is 0 Å². The molecule has 0 radical (unpaired) electrons. The van der Waals surface area contributed by atoms with Crippen molar-refractivity contribution in [2.24, 2.45) is 0 Å². The Kier molecular flexibility index (Phi) is 3.36. The molecular weight excluding hydrogens is 202 g/mol. The zero-order valence-electron chi connectivity index (χ0n) is 10.5. The Balaban J connectivity index is 3.37. The van der Waals surface area contributed by atoms with Gasteiger partial charge in [-0.25, -0.2) is 9.78 Å². The van der Waals surface area contributed by atoms with Crippen molar-refractivity contribution in [1.29, 1.82) is 0 Å². The number of aromatic nitrogens is 1. The van der Waals surface area contributed by atoms with Crippen LogP contribution >= 0.6 is 0 Å². The van der Waals surface area contributed by atoms with Crippen LogP contribution in [0.3, 0.4) is 0 Å². The van der Waals surface area contributed by atoms with Gasteiger partial charge < -0.3 is 5.11 Å². The summed E-state index contributed by atoms with van der Waals surface area (Å²) in [5.41, 5.74) is 1.59. The summed E-state index contributed by atoms with van der Waals surface area (Å²) in [6.45, 7) is 9.98. The summed E-state index contributed by atoms with van der Waals surface area (Å²) in [5.74, 6) is -0.709. The molecule has 0 aliphatic carbocycles. The van der Waals surface area contributed by atoms with Crippen LogP contribution in [0.25, 0.3) is 0 Å². The van der Waals surface area contributed by atoms with Gasteiger partial charge >= 0.3 is 5.97 Å². The fraction of sp³-hybridized carbons (Fsp3) is 0.538. The number of hydrogen-bond acceptors (Lipinski definition) is 2. The van der Waals surface area contributed by atoms with Gasteiger partial charge in [0.1, 0.15) is 0 Å². The molecule has 0 amide bonds. The Labute approximate surface area is 96.5 Å². The molecule has 88 valence electrons.